The molecular formula is C67H44N2. The standard InChI is InChI=1S/C67H44N2/c1-5-22-45(23-6-1)57-42-46-24-14-16-33-53(46)66-64(57)58-44-51(40-41-61(58)69(66)63-43-47-25-13-15-32-52(47)54-34-17-18-35-55(54)63)68(50-30-11-4-12-31-50)62-39-21-38-60-65(62)56-36-19-20-37-59(56)67(60,48-26-7-2-8-27-48)49-28-9-3-10-29-49/h1-44H. The summed E-state index contributed by atoms with van der Waals surface area (Å²) in [4.78, 5) is 2.50. The lowest BCUT2D eigenvalue weighted by atomic mass is 9.68. The normalized spacial score (nSPS) is 12.8. The maximum atomic E-state index is 2.56. The molecule has 2 nitrogen and oxygen atoms in total. The molecule has 2 heteroatoms. The van der Waals surface area contributed by atoms with Crippen molar-refractivity contribution in [1.82, 2.24) is 4.57 Å². The van der Waals surface area contributed by atoms with Crippen LogP contribution < -0.4 is 4.90 Å². The molecule has 69 heavy (non-hydrogen) atoms. The smallest absolute Gasteiger partial charge is 0.0714 e. The van der Waals surface area contributed by atoms with Crippen molar-refractivity contribution < 1.29 is 0 Å². The van der Waals surface area contributed by atoms with Gasteiger partial charge < -0.3 is 9.47 Å². The second-order valence-corrected chi connectivity index (χ2v) is 18.3. The van der Waals surface area contributed by atoms with Gasteiger partial charge in [-0.25, -0.2) is 0 Å². The number of anilines is 3. The monoisotopic (exact) mass is 876 g/mol. The molecule has 0 spiro atoms. The fourth-order valence-corrected chi connectivity index (χ4v) is 12.0. The zero-order valence-electron chi connectivity index (χ0n) is 37.8. The Hall–Kier alpha value is -8.98. The minimum absolute atomic E-state index is 0.529. The van der Waals surface area contributed by atoms with Gasteiger partial charge in [0.1, 0.15) is 0 Å². The van der Waals surface area contributed by atoms with Crippen LogP contribution in [0.25, 0.3) is 82.1 Å². The highest BCUT2D eigenvalue weighted by atomic mass is 15.1. The Morgan fingerprint density at radius 1 is 0.348 bits per heavy atom. The van der Waals surface area contributed by atoms with Crippen LogP contribution in [0.4, 0.5) is 17.1 Å². The lowest BCUT2D eigenvalue weighted by molar-refractivity contribution is 0.768. The first kappa shape index (κ1) is 39.2. The molecule has 1 heterocycles. The fourth-order valence-electron chi connectivity index (χ4n) is 12.0. The van der Waals surface area contributed by atoms with E-state index in [1.807, 2.05) is 0 Å². The van der Waals surface area contributed by atoms with Gasteiger partial charge in [0.05, 0.1) is 27.8 Å². The van der Waals surface area contributed by atoms with Crippen LogP contribution in [-0.4, -0.2) is 4.57 Å². The molecule has 0 unspecified atom stereocenters. The van der Waals surface area contributed by atoms with Gasteiger partial charge in [0.2, 0.25) is 0 Å². The summed E-state index contributed by atoms with van der Waals surface area (Å²) >= 11 is 0. The van der Waals surface area contributed by atoms with E-state index in [1.165, 1.54) is 98.8 Å². The van der Waals surface area contributed by atoms with Crippen molar-refractivity contribution in [2.75, 3.05) is 4.90 Å². The minimum atomic E-state index is -0.529. The summed E-state index contributed by atoms with van der Waals surface area (Å²) in [6, 6.07) is 98.8. The zero-order chi connectivity index (χ0) is 45.5. The van der Waals surface area contributed by atoms with E-state index in [1.54, 1.807) is 0 Å². The van der Waals surface area contributed by atoms with Crippen LogP contribution >= 0.6 is 0 Å². The summed E-state index contributed by atoms with van der Waals surface area (Å²) in [6.45, 7) is 0. The van der Waals surface area contributed by atoms with Gasteiger partial charge in [-0.2, -0.15) is 0 Å². The van der Waals surface area contributed by atoms with Crippen LogP contribution in [0.15, 0.2) is 267 Å². The van der Waals surface area contributed by atoms with Gasteiger partial charge in [0, 0.05) is 38.5 Å². The molecule has 0 atom stereocenters. The summed E-state index contributed by atoms with van der Waals surface area (Å²) in [5.41, 5.74) is 16.3. The lowest BCUT2D eigenvalue weighted by Crippen LogP contribution is -2.28. The molecule has 14 rings (SSSR count). The summed E-state index contributed by atoms with van der Waals surface area (Å²) in [6.07, 6.45) is 0. The molecule has 12 aromatic carbocycles. The lowest BCUT2D eigenvalue weighted by Gasteiger charge is -2.34. The molecule has 0 saturated carbocycles. The molecule has 0 fully saturated rings. The molecule has 0 saturated heterocycles. The van der Waals surface area contributed by atoms with Crippen LogP contribution in [-0.2, 0) is 5.41 Å². The Labute approximate surface area is 401 Å². The summed E-state index contributed by atoms with van der Waals surface area (Å²) in [5.74, 6) is 0. The highest BCUT2D eigenvalue weighted by Crippen LogP contribution is 2.60. The van der Waals surface area contributed by atoms with Gasteiger partial charge >= 0.3 is 0 Å². The quantitative estimate of drug-likeness (QED) is 0.145. The second kappa shape index (κ2) is 15.6. The maximum Gasteiger partial charge on any atom is 0.0714 e. The van der Waals surface area contributed by atoms with Crippen molar-refractivity contribution in [2.45, 2.75) is 5.41 Å². The van der Waals surface area contributed by atoms with Crippen molar-refractivity contribution in [1.29, 1.82) is 0 Å². The SMILES string of the molecule is c1ccc(-c2cc3ccccc3c3c2c2cc(N(c4ccccc4)c4cccc5c4-c4ccccc4C5(c4ccccc4)c4ccccc4)ccc2n3-c2cc3ccccc3c3ccccc23)cc1. The number of rotatable bonds is 7. The van der Waals surface area contributed by atoms with E-state index in [4.69, 9.17) is 0 Å². The van der Waals surface area contributed by atoms with Gasteiger partial charge in [0.15, 0.2) is 0 Å². The Kier molecular flexibility index (Phi) is 8.84. The number of fused-ring (bicyclic) bond motifs is 11. The molecule has 0 bridgehead atoms. The van der Waals surface area contributed by atoms with E-state index in [0.717, 1.165) is 22.6 Å². The number of hydrogen-bond donors (Lipinski definition) is 0. The molecule has 0 amide bonds. The zero-order valence-corrected chi connectivity index (χ0v) is 37.8. The first-order valence-corrected chi connectivity index (χ1v) is 23.9. The molecule has 1 aliphatic rings. The molecule has 1 aliphatic carbocycles. The maximum absolute atomic E-state index is 2.56. The van der Waals surface area contributed by atoms with Gasteiger partial charge in [-0.1, -0.05) is 218 Å². The average Bonchev–Trinajstić information content (AvgIpc) is 3.93. The largest absolute Gasteiger partial charge is 0.310 e. The van der Waals surface area contributed by atoms with Crippen LogP contribution in [0.3, 0.4) is 0 Å². The molecular weight excluding hydrogens is 833 g/mol. The Bertz CT molecular complexity index is 4080. The molecule has 1 aromatic heterocycles. The topological polar surface area (TPSA) is 8.17 Å². The van der Waals surface area contributed by atoms with Crippen molar-refractivity contribution in [3.05, 3.63) is 289 Å². The van der Waals surface area contributed by atoms with E-state index < -0.39 is 5.41 Å². The van der Waals surface area contributed by atoms with Gasteiger partial charge in [-0.3, -0.25) is 0 Å². The summed E-state index contributed by atoms with van der Waals surface area (Å²) in [7, 11) is 0. The third-order valence-electron chi connectivity index (χ3n) is 14.8. The predicted molar refractivity (Wildman–Crippen MR) is 291 cm³/mol. The Morgan fingerprint density at radius 2 is 0.913 bits per heavy atom. The second-order valence-electron chi connectivity index (χ2n) is 18.3. The van der Waals surface area contributed by atoms with E-state index in [0.29, 0.717) is 0 Å². The summed E-state index contributed by atoms with van der Waals surface area (Å²) < 4.78 is 2.56. The van der Waals surface area contributed by atoms with Gasteiger partial charge in [0.25, 0.3) is 0 Å². The number of hydrogen-bond acceptors (Lipinski definition) is 1. The highest BCUT2D eigenvalue weighted by molar-refractivity contribution is 6.26. The third kappa shape index (κ3) is 5.79. The Balaban J connectivity index is 1.11. The van der Waals surface area contributed by atoms with Crippen LogP contribution in [0.2, 0.25) is 0 Å². The first-order valence-electron chi connectivity index (χ1n) is 23.9. The van der Waals surface area contributed by atoms with Crippen molar-refractivity contribution >= 4 is 71.2 Å². The van der Waals surface area contributed by atoms with Crippen LogP contribution in [0.1, 0.15) is 22.3 Å². The van der Waals surface area contributed by atoms with Crippen molar-refractivity contribution in [3.63, 3.8) is 0 Å². The van der Waals surface area contributed by atoms with E-state index in [-0.39, 0.29) is 0 Å². The molecule has 0 radical (unpaired) electrons. The molecule has 0 aliphatic heterocycles. The molecule has 13 aromatic rings. The number of nitrogens with zero attached hydrogens (tertiary/aromatic N) is 2. The average molecular weight is 877 g/mol. The highest BCUT2D eigenvalue weighted by Gasteiger charge is 2.47. The van der Waals surface area contributed by atoms with E-state index in [9.17, 15) is 0 Å². The number of para-hydroxylation sites is 1. The predicted octanol–water partition coefficient (Wildman–Crippen LogP) is 17.7. The fraction of sp³-hybridized carbons (Fsp3) is 0.0149. The van der Waals surface area contributed by atoms with Crippen LogP contribution in [0.5, 0.6) is 0 Å². The van der Waals surface area contributed by atoms with Crippen molar-refractivity contribution in [2.24, 2.45) is 0 Å². The molecule has 322 valence electrons. The minimum Gasteiger partial charge on any atom is -0.310 e. The molecule has 0 N–H and O–H groups in total. The Morgan fingerprint density at radius 3 is 1.64 bits per heavy atom. The number of benzene rings is 12. The van der Waals surface area contributed by atoms with Crippen LogP contribution in [0, 0.1) is 0 Å². The van der Waals surface area contributed by atoms with E-state index in [2.05, 4.69) is 276 Å². The third-order valence-corrected chi connectivity index (χ3v) is 14.8. The van der Waals surface area contributed by atoms with Gasteiger partial charge in [-0.15, -0.1) is 0 Å². The first-order chi connectivity index (χ1) is 34.3. The van der Waals surface area contributed by atoms with Gasteiger partial charge in [-0.05, 0) is 109 Å². The van der Waals surface area contributed by atoms with Crippen molar-refractivity contribution in [3.8, 4) is 27.9 Å². The number of aromatic nitrogens is 1. The summed E-state index contributed by atoms with van der Waals surface area (Å²) in [5, 5.41) is 9.81. The van der Waals surface area contributed by atoms with E-state index >= 15 is 0 Å².